The summed E-state index contributed by atoms with van der Waals surface area (Å²) in [5.74, 6) is 0. The summed E-state index contributed by atoms with van der Waals surface area (Å²) in [4.78, 5) is 0. The van der Waals surface area contributed by atoms with Gasteiger partial charge in [-0.2, -0.15) is 12.6 Å². The van der Waals surface area contributed by atoms with Gasteiger partial charge in [0.05, 0.1) is 0 Å². The molecule has 3 heteroatoms. The smallest absolute Gasteiger partial charge is 0.145 e. The summed E-state index contributed by atoms with van der Waals surface area (Å²) in [7, 11) is 1.21. The Morgan fingerprint density at radius 3 is 2.40 bits per heavy atom. The van der Waals surface area contributed by atoms with Crippen LogP contribution >= 0.6 is 35.1 Å². The average molecular weight is 123 g/mol. The van der Waals surface area contributed by atoms with E-state index in [1.807, 2.05) is 0 Å². The molecule has 0 fully saturated rings. The highest BCUT2D eigenvalue weighted by Crippen LogP contribution is 2.03. The molecule has 0 aliphatic rings. The summed E-state index contributed by atoms with van der Waals surface area (Å²) < 4.78 is 0. The minimum atomic E-state index is 1.21. The van der Waals surface area contributed by atoms with Gasteiger partial charge in [-0.05, 0) is 0 Å². The highest BCUT2D eigenvalue weighted by atomic mass is 33.1. The second-order valence-corrected chi connectivity index (χ2v) is 1.56. The minimum absolute atomic E-state index is 1.21. The van der Waals surface area contributed by atoms with Crippen LogP contribution in [0.25, 0.3) is 0 Å². The largest absolute Gasteiger partial charge is 0.415 e. The van der Waals surface area contributed by atoms with Crippen LogP contribution in [-0.2, 0) is 0 Å². The number of hydrogen-bond donors (Lipinski definition) is 2. The van der Waals surface area contributed by atoms with Gasteiger partial charge >= 0.3 is 0 Å². The molecular formula is C2H3S3-. The maximum absolute atomic E-state index is 3.73. The fourth-order valence-corrected chi connectivity index (χ4v) is 0.636. The summed E-state index contributed by atoms with van der Waals surface area (Å²) in [6.45, 7) is 0. The van der Waals surface area contributed by atoms with Crippen LogP contribution < -0.4 is 0 Å². The van der Waals surface area contributed by atoms with Crippen LogP contribution in [0.1, 0.15) is 0 Å². The Labute approximate surface area is 46.2 Å². The molecule has 0 heterocycles. The molecule has 0 aromatic heterocycles. The molecule has 0 unspecified atom stereocenters. The van der Waals surface area contributed by atoms with Crippen LogP contribution in [0.15, 0.2) is 5.41 Å². The van der Waals surface area contributed by atoms with E-state index in [0.717, 1.165) is 0 Å². The molecule has 0 nitrogen and oxygen atoms in total. The first-order valence-corrected chi connectivity index (χ1v) is 3.32. The fourth-order valence-electron chi connectivity index (χ4n) is 0.0236. The predicted molar refractivity (Wildman–Crippen MR) is 33.4 cm³/mol. The lowest BCUT2D eigenvalue weighted by atomic mass is 11.3. The molecule has 5 heavy (non-hydrogen) atoms. The topological polar surface area (TPSA) is 0 Å². The molecule has 0 aliphatic heterocycles. The number of thiol groups is 2. The highest BCUT2D eigenvalue weighted by Gasteiger charge is 1.30. The van der Waals surface area contributed by atoms with Crippen molar-refractivity contribution in [3.8, 4) is 0 Å². The van der Waals surface area contributed by atoms with Crippen molar-refractivity contribution < 1.29 is 0 Å². The Balaban J connectivity index is 2.62. The minimum Gasteiger partial charge on any atom is -0.415 e. The van der Waals surface area contributed by atoms with Gasteiger partial charge in [0.2, 0.25) is 0 Å². The van der Waals surface area contributed by atoms with Crippen molar-refractivity contribution in [2.24, 2.45) is 0 Å². The molecule has 0 aromatic carbocycles. The lowest BCUT2D eigenvalue weighted by Crippen LogP contribution is -1.24. The van der Waals surface area contributed by atoms with Gasteiger partial charge in [0, 0.05) is 0 Å². The van der Waals surface area contributed by atoms with E-state index >= 15 is 0 Å². The zero-order valence-electron chi connectivity index (χ0n) is 2.38. The van der Waals surface area contributed by atoms with Gasteiger partial charge in [0.25, 0.3) is 0 Å². The van der Waals surface area contributed by atoms with Gasteiger partial charge < -0.3 is 5.41 Å². The Kier molecular flexibility index (Phi) is 5.55. The van der Waals surface area contributed by atoms with Crippen molar-refractivity contribution in [1.29, 1.82) is 0 Å². The van der Waals surface area contributed by atoms with Gasteiger partial charge in [-0.1, -0.05) is 0 Å². The lowest BCUT2D eigenvalue weighted by molar-refractivity contribution is 2.46. The third-order valence-corrected chi connectivity index (χ3v) is 0.949. The van der Waals surface area contributed by atoms with E-state index in [9.17, 15) is 0 Å². The molecule has 0 bridgehead atoms. The Morgan fingerprint density at radius 1 is 1.80 bits per heavy atom. The molecule has 0 atom stereocenters. The second kappa shape index (κ2) is 4.79. The SMILES string of the molecule is SC=[C-]SS. The van der Waals surface area contributed by atoms with Crippen LogP contribution in [0.3, 0.4) is 0 Å². The summed E-state index contributed by atoms with van der Waals surface area (Å²) in [5.41, 5.74) is 0. The molecule has 0 aromatic rings. The molecule has 0 aliphatic carbocycles. The summed E-state index contributed by atoms with van der Waals surface area (Å²) >= 11 is 7.42. The normalized spacial score (nSPS) is 10.0. The van der Waals surface area contributed by atoms with Gasteiger partial charge in [-0.15, -0.1) is 11.7 Å². The predicted octanol–water partition coefficient (Wildman–Crippen LogP) is 1.77. The molecule has 0 rings (SSSR count). The van der Waals surface area contributed by atoms with Gasteiger partial charge in [0.1, 0.15) is 0 Å². The Morgan fingerprint density at radius 2 is 2.40 bits per heavy atom. The Bertz CT molecular complexity index is 31.9. The molecule has 0 amide bonds. The highest BCUT2D eigenvalue weighted by molar-refractivity contribution is 8.69. The third-order valence-electron chi connectivity index (χ3n) is 0.105. The Hall–Kier alpha value is 0.790. The molecule has 0 radical (unpaired) electrons. The standard InChI is InChI=1S/C2H3S3/c3-1-2-5-4/h1,3-4H/q-1. The zero-order chi connectivity index (χ0) is 4.12. The molecule has 0 N–H and O–H groups in total. The molecular weight excluding hydrogens is 120 g/mol. The van der Waals surface area contributed by atoms with E-state index < -0.39 is 0 Å². The first-order valence-electron chi connectivity index (χ1n) is 0.934. The van der Waals surface area contributed by atoms with Crippen LogP contribution in [0, 0.1) is 5.41 Å². The van der Waals surface area contributed by atoms with E-state index in [2.05, 4.69) is 29.7 Å². The average Bonchev–Trinajstić information content (AvgIpc) is 1.41. The fraction of sp³-hybridized carbons (Fsp3) is 0. The second-order valence-electron chi connectivity index (χ2n) is 0.338. The van der Waals surface area contributed by atoms with E-state index in [1.165, 1.54) is 16.2 Å². The first kappa shape index (κ1) is 5.79. The van der Waals surface area contributed by atoms with Crippen molar-refractivity contribution in [2.75, 3.05) is 0 Å². The molecule has 0 saturated carbocycles. The van der Waals surface area contributed by atoms with Crippen LogP contribution in [0.2, 0.25) is 0 Å². The number of rotatable bonds is 1. The maximum atomic E-state index is 3.73. The van der Waals surface area contributed by atoms with Crippen molar-refractivity contribution in [3.63, 3.8) is 0 Å². The lowest BCUT2D eigenvalue weighted by Gasteiger charge is -1.87. The number of hydrogen-bond acceptors (Lipinski definition) is 3. The van der Waals surface area contributed by atoms with E-state index in [-0.39, 0.29) is 0 Å². The van der Waals surface area contributed by atoms with Crippen LogP contribution in [0.4, 0.5) is 0 Å². The van der Waals surface area contributed by atoms with Gasteiger partial charge in [0.15, 0.2) is 0 Å². The first-order chi connectivity index (χ1) is 2.41. The van der Waals surface area contributed by atoms with Crippen LogP contribution in [0.5, 0.6) is 0 Å². The zero-order valence-corrected chi connectivity index (χ0v) is 4.99. The molecule has 0 spiro atoms. The summed E-state index contributed by atoms with van der Waals surface area (Å²) in [6.07, 6.45) is 0. The summed E-state index contributed by atoms with van der Waals surface area (Å²) in [5, 5.41) is 4.14. The van der Waals surface area contributed by atoms with E-state index in [4.69, 9.17) is 0 Å². The van der Waals surface area contributed by atoms with Gasteiger partial charge in [-0.25, -0.2) is 5.41 Å². The van der Waals surface area contributed by atoms with Gasteiger partial charge in [-0.3, -0.25) is 10.8 Å². The van der Waals surface area contributed by atoms with E-state index in [0.29, 0.717) is 0 Å². The van der Waals surface area contributed by atoms with Crippen molar-refractivity contribution in [2.45, 2.75) is 0 Å². The van der Waals surface area contributed by atoms with Crippen molar-refractivity contribution in [1.82, 2.24) is 0 Å². The van der Waals surface area contributed by atoms with Crippen LogP contribution in [-0.4, -0.2) is 0 Å². The quantitative estimate of drug-likeness (QED) is 0.304. The molecule has 0 saturated heterocycles. The molecule has 30 valence electrons. The monoisotopic (exact) mass is 123 g/mol. The van der Waals surface area contributed by atoms with Crippen molar-refractivity contribution in [3.05, 3.63) is 10.8 Å². The van der Waals surface area contributed by atoms with Crippen molar-refractivity contribution >= 4 is 35.1 Å². The van der Waals surface area contributed by atoms with E-state index in [1.54, 1.807) is 0 Å². The summed E-state index contributed by atoms with van der Waals surface area (Å²) in [6, 6.07) is 0. The maximum Gasteiger partial charge on any atom is -0.145 e. The third kappa shape index (κ3) is 4.79.